The summed E-state index contributed by atoms with van der Waals surface area (Å²) in [6.45, 7) is 4.11. The first-order valence-corrected chi connectivity index (χ1v) is 8.24. The van der Waals surface area contributed by atoms with E-state index in [9.17, 15) is 0 Å². The first-order valence-electron chi connectivity index (χ1n) is 7.26. The molecule has 0 aromatic heterocycles. The zero-order valence-corrected chi connectivity index (χ0v) is 14.1. The monoisotopic (exact) mass is 311 g/mol. The lowest BCUT2D eigenvalue weighted by Gasteiger charge is -2.23. The van der Waals surface area contributed by atoms with Gasteiger partial charge in [0.1, 0.15) is 0 Å². The number of rotatable bonds is 7. The molecule has 1 atom stereocenters. The van der Waals surface area contributed by atoms with Crippen molar-refractivity contribution in [1.82, 2.24) is 5.32 Å². The molecule has 118 valence electrons. The third kappa shape index (κ3) is 3.77. The van der Waals surface area contributed by atoms with Crippen molar-refractivity contribution in [2.75, 3.05) is 33.6 Å². The summed E-state index contributed by atoms with van der Waals surface area (Å²) in [7, 11) is 4.93. The molecule has 1 aromatic rings. The smallest absolute Gasteiger partial charge is 0.203 e. The molecule has 4 nitrogen and oxygen atoms in total. The minimum atomic E-state index is 0.365. The van der Waals surface area contributed by atoms with Gasteiger partial charge in [-0.05, 0) is 31.6 Å². The number of hydrogen-bond acceptors (Lipinski definition) is 5. The Balaban J connectivity index is 2.05. The van der Waals surface area contributed by atoms with Crippen molar-refractivity contribution in [3.63, 3.8) is 0 Å². The van der Waals surface area contributed by atoms with Gasteiger partial charge in [-0.3, -0.25) is 0 Å². The van der Waals surface area contributed by atoms with Gasteiger partial charge >= 0.3 is 0 Å². The summed E-state index contributed by atoms with van der Waals surface area (Å²) in [6, 6.07) is 3.95. The van der Waals surface area contributed by atoms with E-state index < -0.39 is 0 Å². The molecule has 0 bridgehead atoms. The Labute approximate surface area is 131 Å². The summed E-state index contributed by atoms with van der Waals surface area (Å²) in [5.41, 5.74) is 1.08. The molecular weight excluding hydrogens is 286 g/mol. The number of hydrogen-bond donors (Lipinski definition) is 1. The summed E-state index contributed by atoms with van der Waals surface area (Å²) < 4.78 is 16.6. The second-order valence-corrected chi connectivity index (χ2v) is 7.18. The van der Waals surface area contributed by atoms with E-state index in [0.717, 1.165) is 24.4 Å². The molecule has 1 fully saturated rings. The maximum Gasteiger partial charge on any atom is 0.203 e. The van der Waals surface area contributed by atoms with Gasteiger partial charge in [-0.25, -0.2) is 0 Å². The molecule has 0 saturated carbocycles. The molecule has 1 N–H and O–H groups in total. The highest BCUT2D eigenvalue weighted by Gasteiger charge is 2.29. The number of methoxy groups -OCH3 is 3. The molecule has 1 aliphatic heterocycles. The third-order valence-electron chi connectivity index (χ3n) is 3.90. The van der Waals surface area contributed by atoms with Crippen LogP contribution in [0, 0.1) is 0 Å². The van der Waals surface area contributed by atoms with Gasteiger partial charge in [0.15, 0.2) is 11.5 Å². The van der Waals surface area contributed by atoms with Crippen LogP contribution < -0.4 is 19.5 Å². The Morgan fingerprint density at radius 2 is 1.90 bits per heavy atom. The summed E-state index contributed by atoms with van der Waals surface area (Å²) in [4.78, 5) is 0. The molecule has 0 radical (unpaired) electrons. The van der Waals surface area contributed by atoms with E-state index in [0.29, 0.717) is 16.2 Å². The van der Waals surface area contributed by atoms with E-state index in [1.165, 1.54) is 18.6 Å². The van der Waals surface area contributed by atoms with Gasteiger partial charge in [-0.1, -0.05) is 6.07 Å². The average molecular weight is 311 g/mol. The lowest BCUT2D eigenvalue weighted by atomic mass is 10.1. The largest absolute Gasteiger partial charge is 0.493 e. The maximum atomic E-state index is 5.51. The van der Waals surface area contributed by atoms with Crippen LogP contribution in [0.3, 0.4) is 0 Å². The van der Waals surface area contributed by atoms with Crippen LogP contribution in [-0.4, -0.2) is 38.4 Å². The van der Waals surface area contributed by atoms with E-state index in [1.54, 1.807) is 21.3 Å². The maximum absolute atomic E-state index is 5.51. The Morgan fingerprint density at radius 3 is 2.48 bits per heavy atom. The molecule has 1 aliphatic rings. The highest BCUT2D eigenvalue weighted by atomic mass is 32.2. The summed E-state index contributed by atoms with van der Waals surface area (Å²) in [5.74, 6) is 3.36. The standard InChI is InChI=1S/C16H25NO3S/c1-16(8-5-9-21-16)11-17-10-12-6-7-13(18-2)15(20-4)14(12)19-3/h6-7,17H,5,8-11H2,1-4H3. The molecule has 1 unspecified atom stereocenters. The lowest BCUT2D eigenvalue weighted by Crippen LogP contribution is -2.32. The van der Waals surface area contributed by atoms with Gasteiger partial charge in [0, 0.05) is 23.4 Å². The topological polar surface area (TPSA) is 39.7 Å². The van der Waals surface area contributed by atoms with Crippen molar-refractivity contribution in [3.8, 4) is 17.2 Å². The van der Waals surface area contributed by atoms with Crippen LogP contribution >= 0.6 is 11.8 Å². The Kier molecular flexibility index (Phi) is 5.65. The van der Waals surface area contributed by atoms with E-state index in [1.807, 2.05) is 12.1 Å². The predicted octanol–water partition coefficient (Wildman–Crippen LogP) is 3.09. The zero-order valence-electron chi connectivity index (χ0n) is 13.3. The highest BCUT2D eigenvalue weighted by molar-refractivity contribution is 8.00. The molecule has 0 aliphatic carbocycles. The van der Waals surface area contributed by atoms with Crippen LogP contribution in [0.5, 0.6) is 17.2 Å². The summed E-state index contributed by atoms with van der Waals surface area (Å²) in [6.07, 6.45) is 2.61. The van der Waals surface area contributed by atoms with Crippen LogP contribution in [0.15, 0.2) is 12.1 Å². The summed E-state index contributed by atoms with van der Waals surface area (Å²) in [5, 5.41) is 3.55. The lowest BCUT2D eigenvalue weighted by molar-refractivity contribution is 0.321. The number of ether oxygens (including phenoxy) is 3. The summed E-state index contributed by atoms with van der Waals surface area (Å²) >= 11 is 2.07. The fourth-order valence-corrected chi connectivity index (χ4v) is 4.01. The highest BCUT2D eigenvalue weighted by Crippen LogP contribution is 2.40. The Morgan fingerprint density at radius 1 is 1.14 bits per heavy atom. The number of thioether (sulfide) groups is 1. The third-order valence-corrected chi connectivity index (χ3v) is 5.44. The van der Waals surface area contributed by atoms with Crippen molar-refractivity contribution in [2.45, 2.75) is 31.1 Å². The van der Waals surface area contributed by atoms with Crippen LogP contribution in [0.2, 0.25) is 0 Å². The molecular formula is C16H25NO3S. The van der Waals surface area contributed by atoms with Crippen molar-refractivity contribution < 1.29 is 14.2 Å². The van der Waals surface area contributed by atoms with E-state index in [2.05, 4.69) is 24.0 Å². The molecule has 1 heterocycles. The van der Waals surface area contributed by atoms with Crippen molar-refractivity contribution in [2.24, 2.45) is 0 Å². The van der Waals surface area contributed by atoms with Crippen molar-refractivity contribution in [3.05, 3.63) is 17.7 Å². The molecule has 0 spiro atoms. The molecule has 2 rings (SSSR count). The van der Waals surface area contributed by atoms with E-state index in [-0.39, 0.29) is 0 Å². The number of nitrogens with one attached hydrogen (secondary N) is 1. The van der Waals surface area contributed by atoms with Gasteiger partial charge in [0.05, 0.1) is 21.3 Å². The molecule has 1 aromatic carbocycles. The molecule has 21 heavy (non-hydrogen) atoms. The van der Waals surface area contributed by atoms with Crippen LogP contribution in [0.1, 0.15) is 25.3 Å². The minimum Gasteiger partial charge on any atom is -0.493 e. The first kappa shape index (κ1) is 16.3. The first-order chi connectivity index (χ1) is 10.1. The van der Waals surface area contributed by atoms with Gasteiger partial charge in [-0.15, -0.1) is 0 Å². The van der Waals surface area contributed by atoms with Gasteiger partial charge in [0.25, 0.3) is 0 Å². The van der Waals surface area contributed by atoms with Gasteiger partial charge < -0.3 is 19.5 Å². The normalized spacial score (nSPS) is 21.3. The fourth-order valence-electron chi connectivity index (χ4n) is 2.74. The molecule has 0 amide bonds. The predicted molar refractivity (Wildman–Crippen MR) is 87.9 cm³/mol. The second kappa shape index (κ2) is 7.27. The van der Waals surface area contributed by atoms with Gasteiger partial charge in [-0.2, -0.15) is 11.8 Å². The minimum absolute atomic E-state index is 0.365. The molecule has 1 saturated heterocycles. The SMILES string of the molecule is COc1ccc(CNCC2(C)CCCS2)c(OC)c1OC. The van der Waals surface area contributed by atoms with Crippen LogP contribution in [0.25, 0.3) is 0 Å². The quantitative estimate of drug-likeness (QED) is 0.838. The second-order valence-electron chi connectivity index (χ2n) is 5.50. The Hall–Kier alpha value is -1.07. The van der Waals surface area contributed by atoms with E-state index in [4.69, 9.17) is 14.2 Å². The van der Waals surface area contributed by atoms with Gasteiger partial charge in [0.2, 0.25) is 5.75 Å². The fraction of sp³-hybridized carbons (Fsp3) is 0.625. The molecule has 5 heteroatoms. The van der Waals surface area contributed by atoms with Crippen molar-refractivity contribution in [1.29, 1.82) is 0 Å². The van der Waals surface area contributed by atoms with E-state index >= 15 is 0 Å². The number of benzene rings is 1. The Bertz CT molecular complexity index is 473. The van der Waals surface area contributed by atoms with Crippen LogP contribution in [-0.2, 0) is 6.54 Å². The zero-order chi connectivity index (χ0) is 15.3. The average Bonchev–Trinajstić information content (AvgIpc) is 2.93. The van der Waals surface area contributed by atoms with Crippen molar-refractivity contribution >= 4 is 11.8 Å². The van der Waals surface area contributed by atoms with Crippen LogP contribution in [0.4, 0.5) is 0 Å².